The number of sulfonamides is 1. The van der Waals surface area contributed by atoms with E-state index in [0.717, 1.165) is 5.56 Å². The Balaban J connectivity index is 2.14. The summed E-state index contributed by atoms with van der Waals surface area (Å²) in [5.41, 5.74) is 2.00. The monoisotopic (exact) mass is 376 g/mol. The number of nitrogens with two attached hydrogens (primary N) is 1. The van der Waals surface area contributed by atoms with Crippen LogP contribution in [0.4, 0.5) is 0 Å². The van der Waals surface area contributed by atoms with Gasteiger partial charge in [0, 0.05) is 16.9 Å². The van der Waals surface area contributed by atoms with E-state index >= 15 is 0 Å². The molecule has 1 aromatic heterocycles. The van der Waals surface area contributed by atoms with Crippen LogP contribution in [0.25, 0.3) is 22.6 Å². The van der Waals surface area contributed by atoms with Crippen molar-refractivity contribution in [2.45, 2.75) is 17.0 Å². The molecule has 0 aliphatic carbocycles. The van der Waals surface area contributed by atoms with Gasteiger partial charge in [-0.05, 0) is 24.3 Å². The SMILES string of the molecule is CCS(=O)c1nc(-c2ccccc2)c(-c2ccc(S(N)(=O)=O)cc2)o1. The normalized spacial score (nSPS) is 12.9. The maximum Gasteiger partial charge on any atom is 0.287 e. The Labute approximate surface area is 148 Å². The van der Waals surface area contributed by atoms with Crippen molar-refractivity contribution in [3.8, 4) is 22.6 Å². The van der Waals surface area contributed by atoms with Crippen molar-refractivity contribution in [1.29, 1.82) is 0 Å². The van der Waals surface area contributed by atoms with Gasteiger partial charge in [0.15, 0.2) is 5.76 Å². The number of rotatable bonds is 5. The summed E-state index contributed by atoms with van der Waals surface area (Å²) in [4.78, 5) is 4.40. The van der Waals surface area contributed by atoms with Crippen LogP contribution in [0.2, 0.25) is 0 Å². The van der Waals surface area contributed by atoms with E-state index in [1.807, 2.05) is 30.3 Å². The quantitative estimate of drug-likeness (QED) is 0.737. The summed E-state index contributed by atoms with van der Waals surface area (Å²) in [6.45, 7) is 1.78. The topological polar surface area (TPSA) is 103 Å². The Kier molecular flexibility index (Phi) is 4.85. The first-order chi connectivity index (χ1) is 11.9. The second kappa shape index (κ2) is 6.91. The van der Waals surface area contributed by atoms with Crippen molar-refractivity contribution < 1.29 is 17.0 Å². The summed E-state index contributed by atoms with van der Waals surface area (Å²) in [5, 5.41) is 5.27. The standard InChI is InChI=1S/C17H16N2O4S2/c1-2-24(20)17-19-15(12-6-4-3-5-7-12)16(23-17)13-8-10-14(11-9-13)25(18,21)22/h3-11H,2H2,1H3,(H2,18,21,22). The van der Waals surface area contributed by atoms with Crippen LogP contribution in [-0.2, 0) is 20.8 Å². The van der Waals surface area contributed by atoms with Gasteiger partial charge in [0.05, 0.1) is 4.90 Å². The fourth-order valence-corrected chi connectivity index (χ4v) is 3.44. The minimum absolute atomic E-state index is 0.00869. The second-order valence-corrected chi connectivity index (χ2v) is 8.41. The maximum atomic E-state index is 12.1. The number of benzene rings is 2. The summed E-state index contributed by atoms with van der Waals surface area (Å²) in [5.74, 6) is 0.822. The van der Waals surface area contributed by atoms with Gasteiger partial charge >= 0.3 is 0 Å². The largest absolute Gasteiger partial charge is 0.429 e. The predicted molar refractivity (Wildman–Crippen MR) is 95.7 cm³/mol. The van der Waals surface area contributed by atoms with Crippen LogP contribution in [0.15, 0.2) is 69.1 Å². The third-order valence-corrected chi connectivity index (χ3v) is 5.57. The van der Waals surface area contributed by atoms with E-state index in [-0.39, 0.29) is 10.1 Å². The van der Waals surface area contributed by atoms with Crippen LogP contribution in [0.5, 0.6) is 0 Å². The zero-order valence-electron chi connectivity index (χ0n) is 13.4. The fourth-order valence-electron chi connectivity index (χ4n) is 2.30. The smallest absolute Gasteiger partial charge is 0.287 e. The molecule has 0 fully saturated rings. The third-order valence-electron chi connectivity index (χ3n) is 3.56. The van der Waals surface area contributed by atoms with E-state index in [1.165, 1.54) is 12.1 Å². The molecule has 0 amide bonds. The van der Waals surface area contributed by atoms with Crippen LogP contribution >= 0.6 is 0 Å². The van der Waals surface area contributed by atoms with Crippen LogP contribution in [0.1, 0.15) is 6.92 Å². The van der Waals surface area contributed by atoms with Crippen LogP contribution in [-0.4, -0.2) is 23.4 Å². The lowest BCUT2D eigenvalue weighted by atomic mass is 10.1. The average molecular weight is 376 g/mol. The third kappa shape index (κ3) is 3.71. The summed E-state index contributed by atoms with van der Waals surface area (Å²) in [6, 6.07) is 15.4. The second-order valence-electron chi connectivity index (χ2n) is 5.23. The molecule has 8 heteroatoms. The van der Waals surface area contributed by atoms with Crippen LogP contribution in [0.3, 0.4) is 0 Å². The van der Waals surface area contributed by atoms with E-state index in [0.29, 0.717) is 22.8 Å². The lowest BCUT2D eigenvalue weighted by Gasteiger charge is -2.03. The molecule has 6 nitrogen and oxygen atoms in total. The molecule has 1 unspecified atom stereocenters. The first-order valence-corrected chi connectivity index (χ1v) is 10.3. The zero-order valence-corrected chi connectivity index (χ0v) is 15.0. The molecule has 1 heterocycles. The Morgan fingerprint density at radius 2 is 1.68 bits per heavy atom. The van der Waals surface area contributed by atoms with Crippen molar-refractivity contribution >= 4 is 20.8 Å². The molecule has 0 aliphatic rings. The van der Waals surface area contributed by atoms with Gasteiger partial charge in [-0.15, -0.1) is 0 Å². The van der Waals surface area contributed by atoms with Crippen molar-refractivity contribution in [2.75, 3.05) is 5.75 Å². The van der Waals surface area contributed by atoms with Gasteiger partial charge in [-0.1, -0.05) is 37.3 Å². The average Bonchev–Trinajstić information content (AvgIpc) is 3.06. The predicted octanol–water partition coefficient (Wildman–Crippen LogP) is 2.78. The minimum atomic E-state index is -3.77. The molecule has 3 rings (SSSR count). The van der Waals surface area contributed by atoms with Crippen molar-refractivity contribution in [3.63, 3.8) is 0 Å². The van der Waals surface area contributed by atoms with Crippen LogP contribution in [0, 0.1) is 0 Å². The Hall–Kier alpha value is -2.29. The molecule has 1 atom stereocenters. The highest BCUT2D eigenvalue weighted by Gasteiger charge is 2.20. The van der Waals surface area contributed by atoms with Crippen molar-refractivity contribution in [2.24, 2.45) is 5.14 Å². The molecule has 0 saturated carbocycles. The molecule has 2 aromatic carbocycles. The van der Waals surface area contributed by atoms with Crippen molar-refractivity contribution in [1.82, 2.24) is 4.98 Å². The Bertz CT molecular complexity index is 1010. The van der Waals surface area contributed by atoms with Crippen LogP contribution < -0.4 is 5.14 Å². The molecule has 0 radical (unpaired) electrons. The minimum Gasteiger partial charge on any atom is -0.429 e. The summed E-state index contributed by atoms with van der Waals surface area (Å²) in [6.07, 6.45) is 0. The first kappa shape index (κ1) is 17.5. The highest BCUT2D eigenvalue weighted by atomic mass is 32.2. The van der Waals surface area contributed by atoms with Gasteiger partial charge < -0.3 is 4.42 Å². The molecule has 2 N–H and O–H groups in total. The highest BCUT2D eigenvalue weighted by Crippen LogP contribution is 2.34. The molecule has 3 aromatic rings. The molecular weight excluding hydrogens is 360 g/mol. The maximum absolute atomic E-state index is 12.1. The van der Waals surface area contributed by atoms with E-state index in [9.17, 15) is 12.6 Å². The van der Waals surface area contributed by atoms with E-state index in [4.69, 9.17) is 9.56 Å². The highest BCUT2D eigenvalue weighted by molar-refractivity contribution is 7.89. The summed E-state index contributed by atoms with van der Waals surface area (Å²) >= 11 is 0. The Morgan fingerprint density at radius 1 is 1.04 bits per heavy atom. The number of primary sulfonamides is 1. The van der Waals surface area contributed by atoms with Gasteiger partial charge in [-0.3, -0.25) is 0 Å². The number of hydrogen-bond donors (Lipinski definition) is 1. The van der Waals surface area contributed by atoms with Gasteiger partial charge in [0.2, 0.25) is 10.0 Å². The molecule has 130 valence electrons. The van der Waals surface area contributed by atoms with E-state index in [2.05, 4.69) is 4.98 Å². The summed E-state index contributed by atoms with van der Waals surface area (Å²) in [7, 11) is -5.11. The zero-order chi connectivity index (χ0) is 18.0. The van der Waals surface area contributed by atoms with E-state index < -0.39 is 20.8 Å². The molecule has 0 spiro atoms. The van der Waals surface area contributed by atoms with E-state index in [1.54, 1.807) is 19.1 Å². The molecule has 0 saturated heterocycles. The lowest BCUT2D eigenvalue weighted by Crippen LogP contribution is -2.11. The van der Waals surface area contributed by atoms with Gasteiger partial charge in [-0.25, -0.2) is 22.7 Å². The molecule has 25 heavy (non-hydrogen) atoms. The Morgan fingerprint density at radius 3 is 2.24 bits per heavy atom. The summed E-state index contributed by atoms with van der Waals surface area (Å²) < 4.78 is 40.6. The molecular formula is C17H16N2O4S2. The number of nitrogens with zero attached hydrogens (tertiary/aromatic N) is 1. The van der Waals surface area contributed by atoms with Gasteiger partial charge in [-0.2, -0.15) is 0 Å². The van der Waals surface area contributed by atoms with Crippen molar-refractivity contribution in [3.05, 3.63) is 54.6 Å². The fraction of sp³-hybridized carbons (Fsp3) is 0.118. The van der Waals surface area contributed by atoms with Gasteiger partial charge in [0.25, 0.3) is 5.22 Å². The lowest BCUT2D eigenvalue weighted by molar-refractivity contribution is 0.456. The van der Waals surface area contributed by atoms with Gasteiger partial charge in [0.1, 0.15) is 16.5 Å². The first-order valence-electron chi connectivity index (χ1n) is 7.48. The number of hydrogen-bond acceptors (Lipinski definition) is 5. The molecule has 0 bridgehead atoms. The number of oxazole rings is 1. The number of aromatic nitrogens is 1. The molecule has 0 aliphatic heterocycles.